The summed E-state index contributed by atoms with van der Waals surface area (Å²) in [6, 6.07) is 0.0150. The SMILES string of the molecule is CC(C)n1cc(C(F)(F)F)nc1C12C3C4C1C1C2C3C41CCl. The Morgan fingerprint density at radius 3 is 2.14 bits per heavy atom. The zero-order valence-corrected chi connectivity index (χ0v) is 13.0. The molecule has 6 aliphatic rings. The van der Waals surface area contributed by atoms with Crippen molar-refractivity contribution in [3.8, 4) is 0 Å². The molecule has 6 aliphatic carbocycles. The Bertz CT molecular complexity index is 681. The third kappa shape index (κ3) is 0.792. The largest absolute Gasteiger partial charge is 0.434 e. The van der Waals surface area contributed by atoms with E-state index >= 15 is 0 Å². The van der Waals surface area contributed by atoms with Crippen LogP contribution in [-0.2, 0) is 11.6 Å². The van der Waals surface area contributed by atoms with Gasteiger partial charge in [-0.2, -0.15) is 13.2 Å². The predicted molar refractivity (Wildman–Crippen MR) is 73.4 cm³/mol. The van der Waals surface area contributed by atoms with Crippen molar-refractivity contribution in [1.82, 2.24) is 9.55 Å². The smallest absolute Gasteiger partial charge is 0.331 e. The Balaban J connectivity index is 1.46. The average molecular weight is 329 g/mol. The number of hydrogen-bond acceptors (Lipinski definition) is 1. The summed E-state index contributed by atoms with van der Waals surface area (Å²) in [5.41, 5.74) is -0.343. The second kappa shape index (κ2) is 2.99. The Kier molecular flexibility index (Phi) is 1.72. The summed E-state index contributed by atoms with van der Waals surface area (Å²) < 4.78 is 41.1. The van der Waals surface area contributed by atoms with E-state index < -0.39 is 11.9 Å². The van der Waals surface area contributed by atoms with Crippen molar-refractivity contribution in [1.29, 1.82) is 0 Å². The van der Waals surface area contributed by atoms with E-state index in [0.29, 0.717) is 40.9 Å². The van der Waals surface area contributed by atoms with Crippen molar-refractivity contribution < 1.29 is 13.2 Å². The molecule has 0 spiro atoms. The van der Waals surface area contributed by atoms with Gasteiger partial charge in [0.25, 0.3) is 0 Å². The van der Waals surface area contributed by atoms with Gasteiger partial charge < -0.3 is 4.57 Å². The summed E-state index contributed by atoms with van der Waals surface area (Å²) in [6.45, 7) is 3.87. The topological polar surface area (TPSA) is 17.8 Å². The molecule has 0 atom stereocenters. The summed E-state index contributed by atoms with van der Waals surface area (Å²) in [6.07, 6.45) is -3.13. The van der Waals surface area contributed by atoms with Crippen molar-refractivity contribution in [3.05, 3.63) is 17.7 Å². The van der Waals surface area contributed by atoms with Crippen LogP contribution < -0.4 is 0 Å². The van der Waals surface area contributed by atoms with Gasteiger partial charge in [0, 0.05) is 23.5 Å². The minimum absolute atomic E-state index is 0.0123. The molecule has 0 radical (unpaired) electrons. The van der Waals surface area contributed by atoms with Crippen LogP contribution in [0.2, 0.25) is 0 Å². The fraction of sp³-hybridized carbons (Fsp3) is 0.812. The first-order chi connectivity index (χ1) is 10.3. The highest BCUT2D eigenvalue weighted by Crippen LogP contribution is 3.09. The number of aromatic nitrogens is 2. The van der Waals surface area contributed by atoms with Crippen LogP contribution in [0.15, 0.2) is 6.20 Å². The standard InChI is InChI=1S/C16H16ClF3N2/c1-5(2)22-3-6(16(18,19)20)21-13(22)15-10-7-11(15)9-12(15)8(10)14(7,9)4-17/h3,5,7-12H,4H2,1-2H3. The number of nitrogens with zero attached hydrogens (tertiary/aromatic N) is 2. The van der Waals surface area contributed by atoms with E-state index in [0.717, 1.165) is 11.7 Å². The predicted octanol–water partition coefficient (Wildman–Crippen LogP) is 3.71. The second-order valence-corrected chi connectivity index (χ2v) is 8.55. The van der Waals surface area contributed by atoms with Gasteiger partial charge in [0.05, 0.1) is 0 Å². The summed E-state index contributed by atoms with van der Waals surface area (Å²) in [7, 11) is 0. The molecule has 0 amide bonds. The maximum Gasteiger partial charge on any atom is 0.434 e. The number of imidazole rings is 1. The van der Waals surface area contributed by atoms with E-state index in [2.05, 4.69) is 4.98 Å². The lowest BCUT2D eigenvalue weighted by molar-refractivity contribution is -0.624. The molecule has 22 heavy (non-hydrogen) atoms. The van der Waals surface area contributed by atoms with Crippen LogP contribution in [0.25, 0.3) is 0 Å². The van der Waals surface area contributed by atoms with Crippen LogP contribution >= 0.6 is 11.6 Å². The summed E-state index contributed by atoms with van der Waals surface area (Å²) in [5.74, 6) is 5.28. The minimum atomic E-state index is -4.36. The average Bonchev–Trinajstić information content (AvgIpc) is 2.92. The third-order valence-corrected chi connectivity index (χ3v) is 8.50. The first-order valence-electron chi connectivity index (χ1n) is 8.05. The highest BCUT2D eigenvalue weighted by Gasteiger charge is 3.10. The van der Waals surface area contributed by atoms with Crippen molar-refractivity contribution in [3.63, 3.8) is 0 Å². The van der Waals surface area contributed by atoms with Crippen molar-refractivity contribution in [2.24, 2.45) is 40.9 Å². The van der Waals surface area contributed by atoms with Gasteiger partial charge in [0.15, 0.2) is 5.69 Å². The van der Waals surface area contributed by atoms with Crippen molar-refractivity contribution in [2.75, 3.05) is 5.88 Å². The Labute approximate surface area is 131 Å². The van der Waals surface area contributed by atoms with E-state index in [1.165, 1.54) is 6.20 Å². The van der Waals surface area contributed by atoms with Gasteiger partial charge in [-0.15, -0.1) is 11.6 Å². The van der Waals surface area contributed by atoms with Crippen LogP contribution in [0.3, 0.4) is 0 Å². The van der Waals surface area contributed by atoms with Crippen molar-refractivity contribution in [2.45, 2.75) is 31.5 Å². The normalized spacial score (nSPS) is 54.9. The van der Waals surface area contributed by atoms with Gasteiger partial charge in [0.1, 0.15) is 5.82 Å². The zero-order valence-electron chi connectivity index (χ0n) is 12.2. The quantitative estimate of drug-likeness (QED) is 0.773. The van der Waals surface area contributed by atoms with E-state index in [1.54, 1.807) is 4.57 Å². The van der Waals surface area contributed by atoms with Crippen LogP contribution in [0.4, 0.5) is 13.2 Å². The minimum Gasteiger partial charge on any atom is -0.331 e. The maximum atomic E-state index is 13.1. The van der Waals surface area contributed by atoms with E-state index in [1.807, 2.05) is 13.8 Å². The lowest BCUT2D eigenvalue weighted by Crippen LogP contribution is -3.11. The van der Waals surface area contributed by atoms with E-state index in [9.17, 15) is 13.2 Å². The number of halogens is 4. The molecule has 0 saturated heterocycles. The molecule has 0 N–H and O–H groups in total. The van der Waals surface area contributed by atoms with Gasteiger partial charge in [0.2, 0.25) is 0 Å². The van der Waals surface area contributed by atoms with Gasteiger partial charge in [-0.25, -0.2) is 4.98 Å². The molecule has 6 saturated carbocycles. The molecule has 118 valence electrons. The van der Waals surface area contributed by atoms with Crippen LogP contribution in [-0.4, -0.2) is 15.4 Å². The molecule has 1 heterocycles. The van der Waals surface area contributed by atoms with Crippen molar-refractivity contribution >= 4 is 11.6 Å². The Morgan fingerprint density at radius 2 is 1.73 bits per heavy atom. The van der Waals surface area contributed by atoms with Crippen LogP contribution in [0, 0.1) is 40.9 Å². The number of rotatable bonds is 3. The van der Waals surface area contributed by atoms with Crippen LogP contribution in [0.5, 0.6) is 0 Å². The van der Waals surface area contributed by atoms with E-state index in [-0.39, 0.29) is 11.5 Å². The highest BCUT2D eigenvalue weighted by atomic mass is 35.5. The first-order valence-corrected chi connectivity index (χ1v) is 8.58. The molecular weight excluding hydrogens is 313 g/mol. The lowest BCUT2D eigenvalue weighted by atomic mass is 8.92. The zero-order chi connectivity index (χ0) is 15.4. The lowest BCUT2D eigenvalue weighted by Gasteiger charge is -3.11. The molecule has 0 bridgehead atoms. The van der Waals surface area contributed by atoms with Gasteiger partial charge in [-0.3, -0.25) is 0 Å². The number of alkyl halides is 4. The van der Waals surface area contributed by atoms with Gasteiger partial charge in [-0.05, 0) is 54.8 Å². The fourth-order valence-corrected chi connectivity index (χ4v) is 8.24. The molecule has 0 aliphatic heterocycles. The van der Waals surface area contributed by atoms with Crippen LogP contribution in [0.1, 0.15) is 31.4 Å². The molecule has 0 unspecified atom stereocenters. The molecule has 6 heteroatoms. The molecule has 0 aromatic carbocycles. The summed E-state index contributed by atoms with van der Waals surface area (Å²) >= 11 is 6.18. The molecule has 1 aromatic heterocycles. The maximum absolute atomic E-state index is 13.1. The first kappa shape index (κ1) is 12.7. The second-order valence-electron chi connectivity index (χ2n) is 8.28. The third-order valence-electron chi connectivity index (χ3n) is 8.04. The molecule has 1 aromatic rings. The van der Waals surface area contributed by atoms with E-state index in [4.69, 9.17) is 11.6 Å². The monoisotopic (exact) mass is 328 g/mol. The number of hydrogen-bond donors (Lipinski definition) is 0. The fourth-order valence-electron chi connectivity index (χ4n) is 7.71. The summed E-state index contributed by atoms with van der Waals surface area (Å²) in [5, 5.41) is 0. The molecular formula is C16H16ClF3N2. The summed E-state index contributed by atoms with van der Waals surface area (Å²) in [4.78, 5) is 4.10. The molecule has 7 rings (SSSR count). The molecule has 6 fully saturated rings. The van der Waals surface area contributed by atoms with Gasteiger partial charge >= 0.3 is 6.18 Å². The highest BCUT2D eigenvalue weighted by molar-refractivity contribution is 6.18. The molecule has 2 nitrogen and oxygen atoms in total. The Hall–Kier alpha value is -0.710. The Morgan fingerprint density at radius 1 is 1.18 bits per heavy atom. The van der Waals surface area contributed by atoms with Gasteiger partial charge in [-0.1, -0.05) is 0 Å².